The molecule has 1 aromatic carbocycles. The number of carbonyl (C=O) groups excluding carboxylic acids is 1. The van der Waals surface area contributed by atoms with Gasteiger partial charge in [0, 0.05) is 0 Å². The highest BCUT2D eigenvalue weighted by molar-refractivity contribution is 7.22. The van der Waals surface area contributed by atoms with Gasteiger partial charge in [-0.25, -0.2) is 4.98 Å². The average Bonchev–Trinajstić information content (AvgIpc) is 2.95. The maximum absolute atomic E-state index is 12.1. The molecule has 1 N–H and O–H groups in total. The van der Waals surface area contributed by atoms with Crippen LogP contribution >= 0.6 is 11.3 Å². The molecule has 0 spiro atoms. The zero-order chi connectivity index (χ0) is 14.3. The van der Waals surface area contributed by atoms with E-state index < -0.39 is 0 Å². The molecule has 0 unspecified atom stereocenters. The number of hydrogen-bond acceptors (Lipinski definition) is 5. The van der Waals surface area contributed by atoms with Crippen LogP contribution in [-0.4, -0.2) is 16.0 Å². The summed E-state index contributed by atoms with van der Waals surface area (Å²) in [6.07, 6.45) is 1.41. The number of anilines is 1. The van der Waals surface area contributed by atoms with Gasteiger partial charge in [-0.3, -0.25) is 10.1 Å². The number of carbonyl (C=O) groups is 1. The van der Waals surface area contributed by atoms with Crippen molar-refractivity contribution in [3.63, 3.8) is 0 Å². The molecule has 0 saturated heterocycles. The van der Waals surface area contributed by atoms with Crippen LogP contribution in [0.2, 0.25) is 0 Å². The maximum Gasteiger partial charge on any atom is 0.262 e. The van der Waals surface area contributed by atoms with Gasteiger partial charge in [-0.1, -0.05) is 22.6 Å². The third kappa shape index (κ3) is 2.18. The highest BCUT2D eigenvalue weighted by Gasteiger charge is 2.15. The van der Waals surface area contributed by atoms with Gasteiger partial charge in [-0.05, 0) is 38.0 Å². The molecule has 5 nitrogen and oxygen atoms in total. The van der Waals surface area contributed by atoms with Crippen LogP contribution < -0.4 is 5.32 Å². The fraction of sp³-hybridized carbons (Fsp3) is 0.214. The Hall–Kier alpha value is -2.21. The fourth-order valence-corrected chi connectivity index (χ4v) is 3.14. The van der Waals surface area contributed by atoms with Crippen molar-refractivity contribution in [3.05, 3.63) is 40.8 Å². The maximum atomic E-state index is 12.1. The number of nitrogens with one attached hydrogen (secondary N) is 1. The normalized spacial score (nSPS) is 10.9. The molecule has 0 fully saturated rings. The number of aromatic nitrogens is 2. The Labute approximate surface area is 119 Å². The van der Waals surface area contributed by atoms with Crippen LogP contribution in [-0.2, 0) is 0 Å². The van der Waals surface area contributed by atoms with Crippen LogP contribution in [0.5, 0.6) is 0 Å². The van der Waals surface area contributed by atoms with E-state index in [0.29, 0.717) is 16.5 Å². The van der Waals surface area contributed by atoms with E-state index in [4.69, 9.17) is 4.52 Å². The van der Waals surface area contributed by atoms with Gasteiger partial charge in [0.1, 0.15) is 11.3 Å². The monoisotopic (exact) mass is 287 g/mol. The van der Waals surface area contributed by atoms with Gasteiger partial charge in [-0.2, -0.15) is 0 Å². The molecule has 0 radical (unpaired) electrons. The summed E-state index contributed by atoms with van der Waals surface area (Å²) < 4.78 is 5.96. The van der Waals surface area contributed by atoms with Crippen LogP contribution in [0.1, 0.15) is 27.2 Å². The van der Waals surface area contributed by atoms with Gasteiger partial charge < -0.3 is 4.52 Å². The smallest absolute Gasteiger partial charge is 0.262 e. The second kappa shape index (κ2) is 4.72. The van der Waals surface area contributed by atoms with Gasteiger partial charge in [0.2, 0.25) is 0 Å². The van der Waals surface area contributed by atoms with Crippen LogP contribution in [0, 0.1) is 20.8 Å². The topological polar surface area (TPSA) is 68.0 Å². The Kier molecular flexibility index (Phi) is 3.02. The summed E-state index contributed by atoms with van der Waals surface area (Å²) in [5, 5.41) is 6.97. The van der Waals surface area contributed by atoms with E-state index in [1.807, 2.05) is 13.8 Å². The Morgan fingerprint density at radius 3 is 2.80 bits per heavy atom. The molecule has 102 valence electrons. The van der Waals surface area contributed by atoms with Crippen LogP contribution in [0.4, 0.5) is 5.13 Å². The molecule has 0 atom stereocenters. The van der Waals surface area contributed by atoms with E-state index in [-0.39, 0.29) is 5.91 Å². The third-order valence-electron chi connectivity index (χ3n) is 3.05. The molecule has 1 amide bonds. The van der Waals surface area contributed by atoms with Gasteiger partial charge >= 0.3 is 0 Å². The molecule has 0 aliphatic rings. The van der Waals surface area contributed by atoms with Crippen molar-refractivity contribution in [3.8, 4) is 0 Å². The first-order chi connectivity index (χ1) is 9.54. The van der Waals surface area contributed by atoms with Crippen molar-refractivity contribution in [2.75, 3.05) is 5.32 Å². The van der Waals surface area contributed by atoms with Gasteiger partial charge in [-0.15, -0.1) is 0 Å². The Balaban J connectivity index is 1.94. The quantitative estimate of drug-likeness (QED) is 0.783. The summed E-state index contributed by atoms with van der Waals surface area (Å²) in [7, 11) is 0. The number of thiazole rings is 1. The number of nitrogens with zero attached hydrogens (tertiary/aromatic N) is 2. The number of rotatable bonds is 2. The summed E-state index contributed by atoms with van der Waals surface area (Å²) in [5.41, 5.74) is 3.65. The molecule has 0 aliphatic carbocycles. The number of amides is 1. The molecule has 0 saturated carbocycles. The van der Waals surface area contributed by atoms with Gasteiger partial charge in [0.25, 0.3) is 5.91 Å². The summed E-state index contributed by atoms with van der Waals surface area (Å²) in [4.78, 5) is 16.5. The van der Waals surface area contributed by atoms with Crippen molar-refractivity contribution < 1.29 is 9.32 Å². The van der Waals surface area contributed by atoms with Crippen molar-refractivity contribution in [1.82, 2.24) is 10.1 Å². The largest absolute Gasteiger partial charge is 0.361 e. The Morgan fingerprint density at radius 1 is 1.30 bits per heavy atom. The molecule has 2 heterocycles. The lowest BCUT2D eigenvalue weighted by atomic mass is 10.1. The van der Waals surface area contributed by atoms with Crippen molar-refractivity contribution in [2.45, 2.75) is 20.8 Å². The van der Waals surface area contributed by atoms with E-state index in [0.717, 1.165) is 15.8 Å². The SMILES string of the molecule is Cc1cc(C)c2nc(NC(=O)c3cnoc3C)sc2c1. The summed E-state index contributed by atoms with van der Waals surface area (Å²) in [6.45, 7) is 5.77. The van der Waals surface area contributed by atoms with Crippen LogP contribution in [0.3, 0.4) is 0 Å². The lowest BCUT2D eigenvalue weighted by molar-refractivity contribution is 0.102. The van der Waals surface area contributed by atoms with E-state index in [1.165, 1.54) is 23.1 Å². The Morgan fingerprint density at radius 2 is 2.10 bits per heavy atom. The molecule has 3 rings (SSSR count). The standard InChI is InChI=1S/C14H13N3O2S/c1-7-4-8(2)12-11(5-7)20-14(16-12)17-13(18)10-6-15-19-9(10)3/h4-6H,1-3H3,(H,16,17,18). The minimum atomic E-state index is -0.253. The van der Waals surface area contributed by atoms with E-state index in [2.05, 4.69) is 27.6 Å². The van der Waals surface area contributed by atoms with Crippen molar-refractivity contribution >= 4 is 32.6 Å². The van der Waals surface area contributed by atoms with E-state index in [9.17, 15) is 4.79 Å². The highest BCUT2D eigenvalue weighted by atomic mass is 32.1. The third-order valence-corrected chi connectivity index (χ3v) is 3.96. The second-order valence-corrected chi connectivity index (χ2v) is 5.73. The van der Waals surface area contributed by atoms with Crippen molar-refractivity contribution in [2.24, 2.45) is 0 Å². The number of aryl methyl sites for hydroxylation is 3. The minimum absolute atomic E-state index is 0.253. The second-order valence-electron chi connectivity index (χ2n) is 4.70. The summed E-state index contributed by atoms with van der Waals surface area (Å²) in [6, 6.07) is 4.15. The first kappa shape index (κ1) is 12.8. The first-order valence-corrected chi connectivity index (χ1v) is 6.96. The average molecular weight is 287 g/mol. The molecule has 20 heavy (non-hydrogen) atoms. The summed E-state index contributed by atoms with van der Waals surface area (Å²) in [5.74, 6) is 0.243. The molecule has 2 aromatic heterocycles. The molecule has 0 aliphatic heterocycles. The van der Waals surface area contributed by atoms with Crippen LogP contribution in [0.25, 0.3) is 10.2 Å². The molecular formula is C14H13N3O2S. The minimum Gasteiger partial charge on any atom is -0.361 e. The van der Waals surface area contributed by atoms with Crippen molar-refractivity contribution in [1.29, 1.82) is 0 Å². The lowest BCUT2D eigenvalue weighted by Gasteiger charge is -1.98. The molecule has 6 heteroatoms. The molecule has 0 bridgehead atoms. The highest BCUT2D eigenvalue weighted by Crippen LogP contribution is 2.29. The molecule has 3 aromatic rings. The summed E-state index contributed by atoms with van der Waals surface area (Å²) >= 11 is 1.46. The van der Waals surface area contributed by atoms with Gasteiger partial charge in [0.15, 0.2) is 5.13 Å². The zero-order valence-electron chi connectivity index (χ0n) is 11.4. The van der Waals surface area contributed by atoms with Crippen LogP contribution in [0.15, 0.2) is 22.9 Å². The number of benzene rings is 1. The predicted molar refractivity (Wildman–Crippen MR) is 78.3 cm³/mol. The fourth-order valence-electron chi connectivity index (χ4n) is 2.11. The lowest BCUT2D eigenvalue weighted by Crippen LogP contribution is -2.11. The predicted octanol–water partition coefficient (Wildman–Crippen LogP) is 3.46. The number of hydrogen-bond donors (Lipinski definition) is 1. The Bertz CT molecular complexity index is 804. The molecular weight excluding hydrogens is 274 g/mol. The first-order valence-electron chi connectivity index (χ1n) is 6.15. The zero-order valence-corrected chi connectivity index (χ0v) is 12.2. The van der Waals surface area contributed by atoms with E-state index >= 15 is 0 Å². The van der Waals surface area contributed by atoms with Gasteiger partial charge in [0.05, 0.1) is 16.4 Å². The van der Waals surface area contributed by atoms with E-state index in [1.54, 1.807) is 6.92 Å². The number of fused-ring (bicyclic) bond motifs is 1.